The Bertz CT molecular complexity index is 1170. The van der Waals surface area contributed by atoms with Gasteiger partial charge in [-0.05, 0) is 149 Å². The molecule has 0 spiro atoms. The zero-order chi connectivity index (χ0) is 29.1. The summed E-state index contributed by atoms with van der Waals surface area (Å²) in [5.74, 6) is 4.55. The lowest BCUT2D eigenvalue weighted by Gasteiger charge is -2.57. The van der Waals surface area contributed by atoms with Crippen molar-refractivity contribution < 1.29 is 10.2 Å². The summed E-state index contributed by atoms with van der Waals surface area (Å²) in [7, 11) is 0. The Kier molecular flexibility index (Phi) is 6.47. The molecule has 0 aliphatic heterocycles. The molecule has 0 radical (unpaired) electrons. The minimum atomic E-state index is -0.123. The van der Waals surface area contributed by atoms with Crippen LogP contribution in [0.15, 0.2) is 33.5 Å². The predicted molar refractivity (Wildman–Crippen MR) is 170 cm³/mol. The maximum Gasteiger partial charge on any atom is 0.0577 e. The maximum absolute atomic E-state index is 10.4. The van der Waals surface area contributed by atoms with Gasteiger partial charge in [-0.2, -0.15) is 10.2 Å². The normalized spacial score (nSPS) is 55.1. The molecule has 230 valence electrons. The summed E-state index contributed by atoms with van der Waals surface area (Å²) >= 11 is 0. The van der Waals surface area contributed by atoms with E-state index in [1.165, 1.54) is 75.6 Å². The maximum atomic E-state index is 10.4. The molecule has 42 heavy (non-hydrogen) atoms. The number of allylic oxidation sites excluding steroid dienone is 2. The van der Waals surface area contributed by atoms with E-state index >= 15 is 0 Å². The van der Waals surface area contributed by atoms with Crippen molar-refractivity contribution in [3.63, 3.8) is 0 Å². The molecule has 0 unspecified atom stereocenters. The van der Waals surface area contributed by atoms with Crippen LogP contribution in [0.2, 0.25) is 0 Å². The SMILES string of the molecule is C[C@]12CC[C@@H](O)CC1=CC[C@@H]1[C@H]3CC/C(=N/N=C4/CC[C@H]5[C@@H]6CC=C7C[C@@H](O)CC[C@]7(C)[C@H]6CC[C@]45C)[C@@]3(C)CC[C@@H]12. The Labute approximate surface area is 254 Å². The summed E-state index contributed by atoms with van der Waals surface area (Å²) < 4.78 is 0. The highest BCUT2D eigenvalue weighted by Crippen LogP contribution is 2.66. The minimum Gasteiger partial charge on any atom is -0.393 e. The van der Waals surface area contributed by atoms with Gasteiger partial charge in [0.05, 0.1) is 12.2 Å². The second-order valence-electron chi connectivity index (χ2n) is 17.4. The molecule has 0 aromatic carbocycles. The molecule has 6 fully saturated rings. The van der Waals surface area contributed by atoms with Gasteiger partial charge in [0.1, 0.15) is 0 Å². The molecule has 8 aliphatic carbocycles. The molecule has 8 aliphatic rings. The van der Waals surface area contributed by atoms with Crippen LogP contribution in [0.25, 0.3) is 0 Å². The Hall–Kier alpha value is -1.26. The van der Waals surface area contributed by atoms with E-state index in [0.717, 1.165) is 74.0 Å². The number of rotatable bonds is 1. The van der Waals surface area contributed by atoms with Crippen LogP contribution in [0.1, 0.15) is 130 Å². The van der Waals surface area contributed by atoms with Crippen molar-refractivity contribution in [1.29, 1.82) is 0 Å². The number of hydrogen-bond donors (Lipinski definition) is 2. The molecule has 0 bridgehead atoms. The van der Waals surface area contributed by atoms with E-state index in [1.54, 1.807) is 11.1 Å². The van der Waals surface area contributed by atoms with Crippen molar-refractivity contribution in [2.45, 2.75) is 143 Å². The first-order valence-corrected chi connectivity index (χ1v) is 18.0. The van der Waals surface area contributed by atoms with Crippen molar-refractivity contribution in [2.24, 2.45) is 67.4 Å². The molecule has 0 aromatic heterocycles. The Morgan fingerprint density at radius 1 is 0.548 bits per heavy atom. The Morgan fingerprint density at radius 3 is 1.36 bits per heavy atom. The topological polar surface area (TPSA) is 65.2 Å². The lowest BCUT2D eigenvalue weighted by atomic mass is 9.48. The number of nitrogens with zero attached hydrogens (tertiary/aromatic N) is 2. The van der Waals surface area contributed by atoms with Gasteiger partial charge < -0.3 is 10.2 Å². The second-order valence-corrected chi connectivity index (χ2v) is 17.4. The smallest absolute Gasteiger partial charge is 0.0577 e. The van der Waals surface area contributed by atoms with Gasteiger partial charge in [-0.25, -0.2) is 0 Å². The van der Waals surface area contributed by atoms with Crippen LogP contribution in [0.3, 0.4) is 0 Å². The van der Waals surface area contributed by atoms with Gasteiger partial charge in [0.2, 0.25) is 0 Å². The van der Waals surface area contributed by atoms with Gasteiger partial charge in [0, 0.05) is 22.3 Å². The van der Waals surface area contributed by atoms with Crippen molar-refractivity contribution in [2.75, 3.05) is 0 Å². The van der Waals surface area contributed by atoms with Crippen LogP contribution >= 0.6 is 0 Å². The number of aliphatic hydroxyl groups is 2. The van der Waals surface area contributed by atoms with Crippen LogP contribution in [-0.2, 0) is 0 Å². The van der Waals surface area contributed by atoms with Crippen molar-refractivity contribution in [1.82, 2.24) is 0 Å². The van der Waals surface area contributed by atoms with E-state index in [0.29, 0.717) is 10.8 Å². The molecule has 0 aromatic rings. The summed E-state index contributed by atoms with van der Waals surface area (Å²) in [5, 5.41) is 31.2. The first-order chi connectivity index (χ1) is 20.1. The molecular weight excluding hydrogens is 516 g/mol. The van der Waals surface area contributed by atoms with Crippen LogP contribution in [0.4, 0.5) is 0 Å². The standard InChI is InChI=1S/C38H56N2O2/c1-35-17-13-25(41)21-23(35)5-7-27-29-9-11-33(37(29,3)19-15-31(27)35)39-40-34-12-10-30-28-8-6-24-22-26(42)14-18-36(24,2)32(28)16-20-38(30,34)4/h5-6,25-32,41-42H,7-22H2,1-4H3/b39-33-,40-34-/t25-,26+,27-,28+,29-,30+,31-,32-,35-,36-,37-,38-/m0/s1. The van der Waals surface area contributed by atoms with Crippen LogP contribution in [-0.4, -0.2) is 33.8 Å². The summed E-state index contributed by atoms with van der Waals surface area (Å²) in [4.78, 5) is 0. The molecule has 8 rings (SSSR count). The van der Waals surface area contributed by atoms with Gasteiger partial charge in [-0.15, -0.1) is 0 Å². The third-order valence-electron chi connectivity index (χ3n) is 15.9. The van der Waals surface area contributed by atoms with E-state index < -0.39 is 0 Å². The highest BCUT2D eigenvalue weighted by atomic mass is 16.3. The molecule has 0 heterocycles. The Balaban J connectivity index is 1.03. The van der Waals surface area contributed by atoms with Crippen molar-refractivity contribution in [3.8, 4) is 0 Å². The average molecular weight is 573 g/mol. The van der Waals surface area contributed by atoms with E-state index in [2.05, 4.69) is 39.8 Å². The fraction of sp³-hybridized carbons (Fsp3) is 0.842. The minimum absolute atomic E-state index is 0.123. The summed E-state index contributed by atoms with van der Waals surface area (Å²) in [6.07, 6.45) is 23.4. The van der Waals surface area contributed by atoms with E-state index in [9.17, 15) is 10.2 Å². The predicted octanol–water partition coefficient (Wildman–Crippen LogP) is 8.43. The molecule has 2 N–H and O–H groups in total. The molecule has 0 amide bonds. The first kappa shape index (κ1) is 28.2. The summed E-state index contributed by atoms with van der Waals surface area (Å²) in [6.45, 7) is 10.2. The second kappa shape index (κ2) is 9.62. The third-order valence-corrected chi connectivity index (χ3v) is 15.9. The van der Waals surface area contributed by atoms with Gasteiger partial charge in [-0.3, -0.25) is 0 Å². The zero-order valence-corrected chi connectivity index (χ0v) is 26.9. The molecule has 4 nitrogen and oxygen atoms in total. The van der Waals surface area contributed by atoms with Gasteiger partial charge in [-0.1, -0.05) is 51.0 Å². The lowest BCUT2D eigenvalue weighted by Crippen LogP contribution is -2.50. The molecule has 6 saturated carbocycles. The molecule has 0 saturated heterocycles. The van der Waals surface area contributed by atoms with Gasteiger partial charge in [0.15, 0.2) is 0 Å². The lowest BCUT2D eigenvalue weighted by molar-refractivity contribution is -0.0212. The number of aliphatic hydroxyl groups excluding tert-OH is 2. The highest BCUT2D eigenvalue weighted by molar-refractivity contribution is 5.95. The van der Waals surface area contributed by atoms with Crippen molar-refractivity contribution in [3.05, 3.63) is 23.3 Å². The summed E-state index contributed by atoms with van der Waals surface area (Å²) in [5.41, 5.74) is 7.00. The average Bonchev–Trinajstić information content (AvgIpc) is 3.48. The fourth-order valence-corrected chi connectivity index (χ4v) is 13.3. The molecular formula is C38H56N2O2. The highest BCUT2D eigenvalue weighted by Gasteiger charge is 2.59. The molecule has 12 atom stereocenters. The van der Waals surface area contributed by atoms with Crippen LogP contribution < -0.4 is 0 Å². The largest absolute Gasteiger partial charge is 0.393 e. The first-order valence-electron chi connectivity index (χ1n) is 18.0. The fourth-order valence-electron chi connectivity index (χ4n) is 13.3. The summed E-state index contributed by atoms with van der Waals surface area (Å²) in [6, 6.07) is 0. The van der Waals surface area contributed by atoms with Crippen LogP contribution in [0.5, 0.6) is 0 Å². The monoisotopic (exact) mass is 572 g/mol. The third kappa shape index (κ3) is 3.85. The quantitative estimate of drug-likeness (QED) is 0.245. The van der Waals surface area contributed by atoms with E-state index in [-0.39, 0.29) is 23.0 Å². The van der Waals surface area contributed by atoms with Crippen LogP contribution in [0, 0.1) is 57.2 Å². The van der Waals surface area contributed by atoms with Gasteiger partial charge >= 0.3 is 0 Å². The van der Waals surface area contributed by atoms with Crippen molar-refractivity contribution >= 4 is 11.4 Å². The number of fused-ring (bicyclic) bond motifs is 10. The van der Waals surface area contributed by atoms with E-state index in [1.807, 2.05) is 0 Å². The van der Waals surface area contributed by atoms with Gasteiger partial charge in [0.25, 0.3) is 0 Å². The Morgan fingerprint density at radius 2 is 0.929 bits per heavy atom. The van der Waals surface area contributed by atoms with E-state index in [4.69, 9.17) is 10.2 Å². The molecule has 4 heteroatoms. The number of hydrogen-bond acceptors (Lipinski definition) is 4. The zero-order valence-electron chi connectivity index (χ0n) is 26.9.